The molecule has 0 aromatic heterocycles. The van der Waals surface area contributed by atoms with Crippen molar-refractivity contribution in [2.45, 2.75) is 31.3 Å². The van der Waals surface area contributed by atoms with E-state index in [0.29, 0.717) is 19.6 Å². The van der Waals surface area contributed by atoms with Crippen molar-refractivity contribution in [2.75, 3.05) is 13.2 Å². The molecule has 94 valence electrons. The van der Waals surface area contributed by atoms with Crippen molar-refractivity contribution in [3.8, 4) is 6.07 Å². The summed E-state index contributed by atoms with van der Waals surface area (Å²) in [7, 11) is 0. The van der Waals surface area contributed by atoms with Crippen LogP contribution in [-0.2, 0) is 4.74 Å². The van der Waals surface area contributed by atoms with E-state index in [-0.39, 0.29) is 0 Å². The molecule has 1 aromatic carbocycles. The van der Waals surface area contributed by atoms with Gasteiger partial charge in [0, 0.05) is 6.61 Å². The Kier molecular flexibility index (Phi) is 2.85. The largest absolute Gasteiger partial charge is 0.387 e. The molecule has 1 aliphatic heterocycles. The molecule has 2 fully saturated rings. The maximum Gasteiger partial charge on any atom is 0.113 e. The van der Waals surface area contributed by atoms with Gasteiger partial charge in [-0.15, -0.1) is 0 Å². The van der Waals surface area contributed by atoms with Crippen molar-refractivity contribution >= 4 is 0 Å². The Morgan fingerprint density at radius 2 is 2.06 bits per heavy atom. The monoisotopic (exact) mass is 243 g/mol. The minimum Gasteiger partial charge on any atom is -0.387 e. The molecule has 1 saturated carbocycles. The van der Waals surface area contributed by atoms with Crippen LogP contribution in [0.4, 0.5) is 0 Å². The van der Waals surface area contributed by atoms with Gasteiger partial charge in [0.2, 0.25) is 0 Å². The maximum atomic E-state index is 10.4. The van der Waals surface area contributed by atoms with Gasteiger partial charge in [0.25, 0.3) is 0 Å². The van der Waals surface area contributed by atoms with Crippen molar-refractivity contribution in [2.24, 2.45) is 5.41 Å². The molecule has 0 radical (unpaired) electrons. The van der Waals surface area contributed by atoms with Crippen molar-refractivity contribution < 1.29 is 9.84 Å². The van der Waals surface area contributed by atoms with Gasteiger partial charge in [0.1, 0.15) is 5.41 Å². The molecular weight excluding hydrogens is 226 g/mol. The Morgan fingerprint density at radius 3 is 2.56 bits per heavy atom. The number of hydrogen-bond donors (Lipinski definition) is 1. The SMILES string of the molecule is N#CC1(C(O)c2ccc(C3CC3)cc2)CCOC1. The summed E-state index contributed by atoms with van der Waals surface area (Å²) in [5.74, 6) is 0.718. The Balaban J connectivity index is 1.82. The van der Waals surface area contributed by atoms with Gasteiger partial charge >= 0.3 is 0 Å². The standard InChI is InChI=1S/C15H17NO2/c16-9-15(7-8-18-10-15)14(17)13-5-3-12(4-6-13)11-1-2-11/h3-6,11,14,17H,1-2,7-8,10H2. The average molecular weight is 243 g/mol. The van der Waals surface area contributed by atoms with E-state index in [0.717, 1.165) is 11.5 Å². The van der Waals surface area contributed by atoms with Crippen LogP contribution >= 0.6 is 0 Å². The first-order valence-corrected chi connectivity index (χ1v) is 6.52. The smallest absolute Gasteiger partial charge is 0.113 e. The van der Waals surface area contributed by atoms with E-state index in [1.807, 2.05) is 12.1 Å². The molecule has 2 aliphatic rings. The third-order valence-corrected chi connectivity index (χ3v) is 4.10. The Labute approximate surface area is 107 Å². The Bertz CT molecular complexity index is 464. The molecule has 1 heterocycles. The molecule has 0 amide bonds. The van der Waals surface area contributed by atoms with E-state index < -0.39 is 11.5 Å². The number of aliphatic hydroxyl groups is 1. The van der Waals surface area contributed by atoms with Crippen LogP contribution in [0.3, 0.4) is 0 Å². The van der Waals surface area contributed by atoms with E-state index in [9.17, 15) is 10.4 Å². The van der Waals surface area contributed by atoms with Crippen LogP contribution in [0.2, 0.25) is 0 Å². The van der Waals surface area contributed by atoms with Gasteiger partial charge in [0.05, 0.1) is 18.8 Å². The topological polar surface area (TPSA) is 53.2 Å². The van der Waals surface area contributed by atoms with Crippen LogP contribution in [0.15, 0.2) is 24.3 Å². The van der Waals surface area contributed by atoms with Crippen LogP contribution in [-0.4, -0.2) is 18.3 Å². The lowest BCUT2D eigenvalue weighted by molar-refractivity contribution is 0.0504. The fourth-order valence-corrected chi connectivity index (χ4v) is 2.63. The first-order chi connectivity index (χ1) is 8.75. The number of nitriles is 1. The molecule has 3 heteroatoms. The minimum atomic E-state index is -0.763. The van der Waals surface area contributed by atoms with E-state index in [2.05, 4.69) is 18.2 Å². The van der Waals surface area contributed by atoms with Gasteiger partial charge in [-0.2, -0.15) is 5.26 Å². The van der Waals surface area contributed by atoms with Crippen LogP contribution in [0, 0.1) is 16.7 Å². The Morgan fingerprint density at radius 1 is 1.33 bits per heavy atom. The molecule has 0 bridgehead atoms. The molecule has 1 N–H and O–H groups in total. The summed E-state index contributed by atoms with van der Waals surface area (Å²) in [6.45, 7) is 0.889. The van der Waals surface area contributed by atoms with Gasteiger partial charge in [-0.1, -0.05) is 24.3 Å². The number of nitrogens with zero attached hydrogens (tertiary/aromatic N) is 1. The zero-order valence-electron chi connectivity index (χ0n) is 10.3. The third kappa shape index (κ3) is 1.92. The fourth-order valence-electron chi connectivity index (χ4n) is 2.63. The second-order valence-corrected chi connectivity index (χ2v) is 5.41. The number of benzene rings is 1. The summed E-state index contributed by atoms with van der Waals surface area (Å²) in [5.41, 5.74) is 1.41. The molecule has 1 aliphatic carbocycles. The maximum absolute atomic E-state index is 10.4. The van der Waals surface area contributed by atoms with E-state index in [4.69, 9.17) is 4.74 Å². The second-order valence-electron chi connectivity index (χ2n) is 5.41. The first-order valence-electron chi connectivity index (χ1n) is 6.52. The minimum absolute atomic E-state index is 0.328. The van der Waals surface area contributed by atoms with Crippen molar-refractivity contribution in [1.82, 2.24) is 0 Å². The van der Waals surface area contributed by atoms with Gasteiger partial charge in [-0.05, 0) is 36.3 Å². The molecule has 2 unspecified atom stereocenters. The number of ether oxygens (including phenoxy) is 1. The van der Waals surface area contributed by atoms with Gasteiger partial charge in [-0.3, -0.25) is 0 Å². The average Bonchev–Trinajstić information content (AvgIpc) is 3.16. The normalized spacial score (nSPS) is 28.9. The lowest BCUT2D eigenvalue weighted by Gasteiger charge is -2.25. The highest BCUT2D eigenvalue weighted by atomic mass is 16.5. The highest BCUT2D eigenvalue weighted by molar-refractivity contribution is 5.31. The van der Waals surface area contributed by atoms with Crippen molar-refractivity contribution in [1.29, 1.82) is 5.26 Å². The van der Waals surface area contributed by atoms with Crippen molar-refractivity contribution in [3.05, 3.63) is 35.4 Å². The summed E-state index contributed by atoms with van der Waals surface area (Å²) < 4.78 is 5.28. The number of aliphatic hydroxyl groups excluding tert-OH is 1. The molecule has 0 spiro atoms. The summed E-state index contributed by atoms with van der Waals surface area (Å²) in [6, 6.07) is 10.3. The molecule has 1 saturated heterocycles. The molecular formula is C15H17NO2. The predicted molar refractivity (Wildman–Crippen MR) is 66.9 cm³/mol. The summed E-state index contributed by atoms with van der Waals surface area (Å²) >= 11 is 0. The van der Waals surface area contributed by atoms with Gasteiger partial charge < -0.3 is 9.84 Å². The van der Waals surface area contributed by atoms with Crippen LogP contribution < -0.4 is 0 Å². The molecule has 3 rings (SSSR count). The zero-order valence-corrected chi connectivity index (χ0v) is 10.3. The fraction of sp³-hybridized carbons (Fsp3) is 0.533. The quantitative estimate of drug-likeness (QED) is 0.887. The van der Waals surface area contributed by atoms with Gasteiger partial charge in [0.15, 0.2) is 0 Å². The molecule has 2 atom stereocenters. The van der Waals surface area contributed by atoms with Crippen LogP contribution in [0.25, 0.3) is 0 Å². The predicted octanol–water partition coefficient (Wildman–Crippen LogP) is 2.53. The number of rotatable bonds is 3. The Hall–Kier alpha value is -1.37. The van der Waals surface area contributed by atoms with Crippen molar-refractivity contribution in [3.63, 3.8) is 0 Å². The van der Waals surface area contributed by atoms with Crippen LogP contribution in [0.5, 0.6) is 0 Å². The van der Waals surface area contributed by atoms with E-state index in [1.165, 1.54) is 18.4 Å². The highest BCUT2D eigenvalue weighted by Crippen LogP contribution is 2.43. The molecule has 3 nitrogen and oxygen atoms in total. The summed E-state index contributed by atoms with van der Waals surface area (Å²) in [4.78, 5) is 0. The second kappa shape index (κ2) is 4.38. The third-order valence-electron chi connectivity index (χ3n) is 4.10. The zero-order chi connectivity index (χ0) is 12.6. The van der Waals surface area contributed by atoms with E-state index in [1.54, 1.807) is 0 Å². The number of hydrogen-bond acceptors (Lipinski definition) is 3. The highest BCUT2D eigenvalue weighted by Gasteiger charge is 2.43. The lowest BCUT2D eigenvalue weighted by atomic mass is 9.79. The lowest BCUT2D eigenvalue weighted by Crippen LogP contribution is -2.27. The first kappa shape index (κ1) is 11.7. The van der Waals surface area contributed by atoms with Gasteiger partial charge in [-0.25, -0.2) is 0 Å². The summed E-state index contributed by atoms with van der Waals surface area (Å²) in [6.07, 6.45) is 2.41. The molecule has 18 heavy (non-hydrogen) atoms. The van der Waals surface area contributed by atoms with E-state index >= 15 is 0 Å². The summed E-state index contributed by atoms with van der Waals surface area (Å²) in [5, 5.41) is 19.7. The molecule has 1 aromatic rings. The van der Waals surface area contributed by atoms with Crippen LogP contribution in [0.1, 0.15) is 42.4 Å².